The van der Waals surface area contributed by atoms with Crippen molar-refractivity contribution in [3.63, 3.8) is 0 Å². The molecular formula is C16H14F2N2OS3. The number of benzene rings is 1. The van der Waals surface area contributed by atoms with Gasteiger partial charge in [0.1, 0.15) is 5.03 Å². The fourth-order valence-electron chi connectivity index (χ4n) is 2.25. The van der Waals surface area contributed by atoms with E-state index >= 15 is 0 Å². The van der Waals surface area contributed by atoms with Crippen molar-refractivity contribution in [2.24, 2.45) is 0 Å². The molecule has 3 nitrogen and oxygen atoms in total. The van der Waals surface area contributed by atoms with Crippen LogP contribution in [0.4, 0.5) is 14.5 Å². The van der Waals surface area contributed by atoms with Crippen molar-refractivity contribution in [2.75, 3.05) is 16.8 Å². The van der Waals surface area contributed by atoms with Gasteiger partial charge >= 0.3 is 0 Å². The quantitative estimate of drug-likeness (QED) is 0.724. The van der Waals surface area contributed by atoms with E-state index in [4.69, 9.17) is 0 Å². The highest BCUT2D eigenvalue weighted by Crippen LogP contribution is 2.45. The molecule has 0 atom stereocenters. The number of pyridine rings is 1. The molecule has 1 fully saturated rings. The van der Waals surface area contributed by atoms with Crippen molar-refractivity contribution in [2.45, 2.75) is 15.4 Å². The van der Waals surface area contributed by atoms with E-state index < -0.39 is 11.7 Å². The summed E-state index contributed by atoms with van der Waals surface area (Å²) < 4.78 is 25.6. The van der Waals surface area contributed by atoms with Crippen LogP contribution in [0.25, 0.3) is 0 Å². The number of hydrogen-bond donors (Lipinski definition) is 1. The number of carbonyl (C=O) groups is 1. The molecule has 1 N–H and O–H groups in total. The molecule has 1 amide bonds. The third-order valence-corrected chi connectivity index (χ3v) is 7.09. The molecule has 2 aromatic rings. The van der Waals surface area contributed by atoms with Gasteiger partial charge < -0.3 is 5.32 Å². The van der Waals surface area contributed by atoms with Gasteiger partial charge in [-0.15, -0.1) is 23.5 Å². The molecule has 3 rings (SSSR count). The fraction of sp³-hybridized carbons (Fsp3) is 0.250. The van der Waals surface area contributed by atoms with Crippen LogP contribution >= 0.6 is 35.3 Å². The molecule has 8 heteroatoms. The molecule has 0 saturated carbocycles. The number of hydrogen-bond acceptors (Lipinski definition) is 5. The highest BCUT2D eigenvalue weighted by atomic mass is 32.2. The molecule has 2 heterocycles. The number of thioether (sulfide) groups is 3. The van der Waals surface area contributed by atoms with E-state index in [1.165, 1.54) is 12.3 Å². The standard InChI is InChI=1S/C16H14F2N2OS3/c17-16(18)24-14-12(5-2-6-19-14)13(21)20-11-4-1-3-10(9-11)15-22-7-8-23-15/h1-6,9,15-16H,7-8H2,(H,20,21). The number of anilines is 1. The molecule has 0 radical (unpaired) electrons. The highest BCUT2D eigenvalue weighted by Gasteiger charge is 2.20. The average molecular weight is 384 g/mol. The van der Waals surface area contributed by atoms with Crippen LogP contribution in [0.2, 0.25) is 0 Å². The minimum absolute atomic E-state index is 0.0306. The van der Waals surface area contributed by atoms with E-state index in [1.807, 2.05) is 41.7 Å². The van der Waals surface area contributed by atoms with Gasteiger partial charge in [-0.25, -0.2) is 4.98 Å². The van der Waals surface area contributed by atoms with Crippen molar-refractivity contribution >= 4 is 46.9 Å². The van der Waals surface area contributed by atoms with E-state index in [2.05, 4.69) is 10.3 Å². The maximum atomic E-state index is 12.6. The zero-order valence-electron chi connectivity index (χ0n) is 12.4. The summed E-state index contributed by atoms with van der Waals surface area (Å²) in [7, 11) is 0. The van der Waals surface area contributed by atoms with Crippen molar-refractivity contribution in [1.29, 1.82) is 0 Å². The van der Waals surface area contributed by atoms with Crippen LogP contribution in [0, 0.1) is 0 Å². The summed E-state index contributed by atoms with van der Waals surface area (Å²) in [5.74, 6) is -0.813. The largest absolute Gasteiger partial charge is 0.322 e. The Morgan fingerprint density at radius 1 is 1.25 bits per heavy atom. The second-order valence-corrected chi connectivity index (χ2v) is 8.59. The van der Waals surface area contributed by atoms with Crippen LogP contribution in [-0.4, -0.2) is 28.2 Å². The van der Waals surface area contributed by atoms with Crippen LogP contribution < -0.4 is 5.32 Å². The summed E-state index contributed by atoms with van der Waals surface area (Å²) in [5.41, 5.74) is 1.95. The number of carbonyl (C=O) groups excluding carboxylic acids is 1. The molecule has 0 unspecified atom stereocenters. The molecule has 1 aliphatic heterocycles. The predicted molar refractivity (Wildman–Crippen MR) is 98.2 cm³/mol. The average Bonchev–Trinajstić information content (AvgIpc) is 3.09. The van der Waals surface area contributed by atoms with Crippen molar-refractivity contribution in [3.05, 3.63) is 53.7 Å². The number of rotatable bonds is 5. The normalized spacial score (nSPS) is 15.0. The lowest BCUT2D eigenvalue weighted by atomic mass is 10.2. The monoisotopic (exact) mass is 384 g/mol. The van der Waals surface area contributed by atoms with Gasteiger partial charge in [-0.3, -0.25) is 4.79 Å². The van der Waals surface area contributed by atoms with Gasteiger partial charge in [0, 0.05) is 23.4 Å². The Hall–Kier alpha value is -1.25. The van der Waals surface area contributed by atoms with E-state index in [0.29, 0.717) is 10.3 Å². The highest BCUT2D eigenvalue weighted by molar-refractivity contribution is 8.19. The summed E-state index contributed by atoms with van der Waals surface area (Å²) in [6.45, 7) is 0. The molecule has 1 aliphatic rings. The lowest BCUT2D eigenvalue weighted by Crippen LogP contribution is -2.14. The third-order valence-electron chi connectivity index (χ3n) is 3.25. The van der Waals surface area contributed by atoms with Gasteiger partial charge in [0.15, 0.2) is 0 Å². The van der Waals surface area contributed by atoms with Gasteiger partial charge in [-0.2, -0.15) is 8.78 Å². The summed E-state index contributed by atoms with van der Waals surface area (Å²) >= 11 is 4.04. The van der Waals surface area contributed by atoms with Crippen molar-refractivity contribution in [3.8, 4) is 0 Å². The van der Waals surface area contributed by atoms with Crippen molar-refractivity contribution in [1.82, 2.24) is 4.98 Å². The second-order valence-electron chi connectivity index (χ2n) is 4.89. The topological polar surface area (TPSA) is 42.0 Å². The first-order chi connectivity index (χ1) is 11.6. The minimum Gasteiger partial charge on any atom is -0.322 e. The SMILES string of the molecule is O=C(Nc1cccc(C2SCCS2)c1)c1cccnc1SC(F)F. The van der Waals surface area contributed by atoms with Gasteiger partial charge in [-0.05, 0) is 41.6 Å². The lowest BCUT2D eigenvalue weighted by molar-refractivity contribution is 0.102. The molecule has 1 saturated heterocycles. The summed E-state index contributed by atoms with van der Waals surface area (Å²) in [6.07, 6.45) is 1.40. The molecule has 126 valence electrons. The van der Waals surface area contributed by atoms with Crippen LogP contribution in [-0.2, 0) is 0 Å². The van der Waals surface area contributed by atoms with E-state index in [1.54, 1.807) is 12.1 Å². The zero-order valence-corrected chi connectivity index (χ0v) is 14.9. The Bertz CT molecular complexity index is 724. The van der Waals surface area contributed by atoms with E-state index in [-0.39, 0.29) is 22.4 Å². The van der Waals surface area contributed by atoms with Gasteiger partial charge in [0.2, 0.25) is 0 Å². The van der Waals surface area contributed by atoms with Gasteiger partial charge in [-0.1, -0.05) is 12.1 Å². The molecule has 1 aromatic heterocycles. The first-order valence-electron chi connectivity index (χ1n) is 7.18. The fourth-order valence-corrected chi connectivity index (χ4v) is 5.67. The number of amides is 1. The summed E-state index contributed by atoms with van der Waals surface area (Å²) in [5, 5.41) is 2.81. The second kappa shape index (κ2) is 8.22. The Kier molecular flexibility index (Phi) is 6.02. The molecule has 1 aromatic carbocycles. The van der Waals surface area contributed by atoms with E-state index in [9.17, 15) is 13.6 Å². The Morgan fingerprint density at radius 2 is 2.04 bits per heavy atom. The Labute approximate surface area is 151 Å². The molecule has 0 bridgehead atoms. The van der Waals surface area contributed by atoms with Crippen LogP contribution in [0.3, 0.4) is 0 Å². The maximum absolute atomic E-state index is 12.6. The van der Waals surface area contributed by atoms with Crippen LogP contribution in [0.5, 0.6) is 0 Å². The van der Waals surface area contributed by atoms with Crippen LogP contribution in [0.15, 0.2) is 47.6 Å². The predicted octanol–water partition coefficient (Wildman–Crippen LogP) is 5.13. The van der Waals surface area contributed by atoms with Gasteiger partial charge in [0.25, 0.3) is 11.7 Å². The molecule has 24 heavy (non-hydrogen) atoms. The number of halogens is 2. The Balaban J connectivity index is 1.76. The minimum atomic E-state index is -2.62. The number of nitrogens with one attached hydrogen (secondary N) is 1. The maximum Gasteiger partial charge on any atom is 0.290 e. The number of alkyl halides is 2. The zero-order chi connectivity index (χ0) is 16.9. The van der Waals surface area contributed by atoms with Gasteiger partial charge in [0.05, 0.1) is 10.1 Å². The van der Waals surface area contributed by atoms with Crippen LogP contribution in [0.1, 0.15) is 20.5 Å². The Morgan fingerprint density at radius 3 is 2.79 bits per heavy atom. The molecule has 0 spiro atoms. The van der Waals surface area contributed by atoms with Crippen molar-refractivity contribution < 1.29 is 13.6 Å². The third kappa shape index (κ3) is 4.43. The number of aromatic nitrogens is 1. The number of nitrogens with zero attached hydrogens (tertiary/aromatic N) is 1. The molecular weight excluding hydrogens is 370 g/mol. The smallest absolute Gasteiger partial charge is 0.290 e. The summed E-state index contributed by atoms with van der Waals surface area (Å²) in [6, 6.07) is 10.7. The summed E-state index contributed by atoms with van der Waals surface area (Å²) in [4.78, 5) is 16.3. The van der Waals surface area contributed by atoms with E-state index in [0.717, 1.165) is 17.1 Å². The first-order valence-corrected chi connectivity index (χ1v) is 10.2. The first kappa shape index (κ1) is 17.6. The lowest BCUT2D eigenvalue weighted by Gasteiger charge is -2.12. The molecule has 0 aliphatic carbocycles.